The third kappa shape index (κ3) is 1.14. The highest BCUT2D eigenvalue weighted by atomic mass is 19.3. The van der Waals surface area contributed by atoms with Crippen molar-refractivity contribution in [3.8, 4) is 0 Å². The fraction of sp³-hybridized carbons (Fsp3) is 0.308. The van der Waals surface area contributed by atoms with Gasteiger partial charge in [-0.1, -0.05) is 18.2 Å². The van der Waals surface area contributed by atoms with Gasteiger partial charge in [-0.2, -0.15) is 0 Å². The SMILES string of the molecule is Cn1c(C2(C(=O)O)CC2(F)F)cc2ccccc21. The van der Waals surface area contributed by atoms with Crippen molar-refractivity contribution in [1.82, 2.24) is 4.57 Å². The number of rotatable bonds is 2. The number of para-hydroxylation sites is 1. The molecule has 0 spiro atoms. The molecule has 2 aromatic rings. The second-order valence-electron chi connectivity index (χ2n) is 4.74. The Kier molecular flexibility index (Phi) is 1.93. The fourth-order valence-electron chi connectivity index (χ4n) is 2.61. The molecule has 1 atom stereocenters. The van der Waals surface area contributed by atoms with Gasteiger partial charge in [0.15, 0.2) is 5.41 Å². The minimum absolute atomic E-state index is 0.168. The van der Waals surface area contributed by atoms with E-state index in [0.29, 0.717) is 0 Å². The first kappa shape index (κ1) is 11.2. The fourth-order valence-corrected chi connectivity index (χ4v) is 2.61. The molecule has 1 saturated carbocycles. The highest BCUT2D eigenvalue weighted by Crippen LogP contribution is 2.62. The Morgan fingerprint density at radius 3 is 2.50 bits per heavy atom. The molecular formula is C13H11F2NO2. The number of benzene rings is 1. The van der Waals surface area contributed by atoms with E-state index >= 15 is 0 Å². The number of halogens is 2. The van der Waals surface area contributed by atoms with Crippen LogP contribution in [0, 0.1) is 0 Å². The number of carboxylic acid groups (broad SMARTS) is 1. The van der Waals surface area contributed by atoms with Crippen LogP contribution in [0.2, 0.25) is 0 Å². The van der Waals surface area contributed by atoms with Crippen LogP contribution in [0.5, 0.6) is 0 Å². The monoisotopic (exact) mass is 251 g/mol. The van der Waals surface area contributed by atoms with E-state index < -0.39 is 23.7 Å². The lowest BCUT2D eigenvalue weighted by Gasteiger charge is -2.12. The smallest absolute Gasteiger partial charge is 0.322 e. The summed E-state index contributed by atoms with van der Waals surface area (Å²) in [4.78, 5) is 11.2. The van der Waals surface area contributed by atoms with Crippen LogP contribution in [-0.4, -0.2) is 21.6 Å². The van der Waals surface area contributed by atoms with Crippen molar-refractivity contribution in [3.63, 3.8) is 0 Å². The minimum atomic E-state index is -3.17. The summed E-state index contributed by atoms with van der Waals surface area (Å²) in [6.45, 7) is 0. The average Bonchev–Trinajstić information content (AvgIpc) is 2.74. The lowest BCUT2D eigenvalue weighted by Crippen LogP contribution is -2.29. The van der Waals surface area contributed by atoms with Crippen LogP contribution in [0.25, 0.3) is 10.9 Å². The predicted octanol–water partition coefficient (Wildman–Crippen LogP) is 2.54. The standard InChI is InChI=1S/C13H11F2NO2/c1-16-9-5-3-2-4-8(9)6-10(16)12(11(17)18)7-13(12,14)15/h2-6H,7H2,1H3,(H,17,18). The normalized spacial score (nSPS) is 25.3. The molecule has 1 aliphatic carbocycles. The van der Waals surface area contributed by atoms with Crippen molar-refractivity contribution in [2.75, 3.05) is 0 Å². The number of nitrogens with zero attached hydrogens (tertiary/aromatic N) is 1. The van der Waals surface area contributed by atoms with Crippen LogP contribution in [0.1, 0.15) is 12.1 Å². The van der Waals surface area contributed by atoms with Gasteiger partial charge in [0, 0.05) is 24.7 Å². The minimum Gasteiger partial charge on any atom is -0.480 e. The van der Waals surface area contributed by atoms with E-state index in [1.807, 2.05) is 0 Å². The van der Waals surface area contributed by atoms with E-state index in [9.17, 15) is 13.6 Å². The van der Waals surface area contributed by atoms with Crippen LogP contribution >= 0.6 is 0 Å². The molecule has 0 radical (unpaired) electrons. The van der Waals surface area contributed by atoms with Crippen LogP contribution in [0.15, 0.2) is 30.3 Å². The third-order valence-corrected chi connectivity index (χ3v) is 3.74. The number of aliphatic carboxylic acids is 1. The predicted molar refractivity (Wildman–Crippen MR) is 61.8 cm³/mol. The average molecular weight is 251 g/mol. The molecule has 1 N–H and O–H groups in total. The van der Waals surface area contributed by atoms with Crippen LogP contribution in [0.4, 0.5) is 8.78 Å². The maximum Gasteiger partial charge on any atom is 0.322 e. The second-order valence-corrected chi connectivity index (χ2v) is 4.74. The summed E-state index contributed by atoms with van der Waals surface area (Å²) in [7, 11) is 1.62. The number of fused-ring (bicyclic) bond motifs is 1. The molecule has 0 bridgehead atoms. The second kappa shape index (κ2) is 3.10. The molecule has 1 aromatic heterocycles. The van der Waals surface area contributed by atoms with Gasteiger partial charge in [0.05, 0.1) is 0 Å². The van der Waals surface area contributed by atoms with Crippen LogP contribution in [-0.2, 0) is 17.3 Å². The Labute approximate surface area is 102 Å². The van der Waals surface area contributed by atoms with Crippen LogP contribution < -0.4 is 0 Å². The van der Waals surface area contributed by atoms with E-state index in [0.717, 1.165) is 10.9 Å². The van der Waals surface area contributed by atoms with E-state index in [-0.39, 0.29) is 5.69 Å². The number of hydrogen-bond donors (Lipinski definition) is 1. The first-order valence-electron chi connectivity index (χ1n) is 5.56. The van der Waals surface area contributed by atoms with Gasteiger partial charge in [0.25, 0.3) is 5.92 Å². The molecule has 1 heterocycles. The molecule has 94 valence electrons. The molecule has 0 aliphatic heterocycles. The molecule has 18 heavy (non-hydrogen) atoms. The zero-order valence-corrected chi connectivity index (χ0v) is 9.65. The van der Waals surface area contributed by atoms with Crippen molar-refractivity contribution in [2.45, 2.75) is 17.8 Å². The molecule has 1 fully saturated rings. The van der Waals surface area contributed by atoms with Crippen molar-refractivity contribution < 1.29 is 18.7 Å². The quantitative estimate of drug-likeness (QED) is 0.891. The summed E-state index contributed by atoms with van der Waals surface area (Å²) in [5.41, 5.74) is -1.13. The Morgan fingerprint density at radius 2 is 2.00 bits per heavy atom. The third-order valence-electron chi connectivity index (χ3n) is 3.74. The Bertz CT molecular complexity index is 662. The Morgan fingerprint density at radius 1 is 1.39 bits per heavy atom. The molecule has 0 saturated heterocycles. The summed E-state index contributed by atoms with van der Waals surface area (Å²) >= 11 is 0. The lowest BCUT2D eigenvalue weighted by atomic mass is 10.0. The van der Waals surface area contributed by atoms with Gasteiger partial charge < -0.3 is 9.67 Å². The molecule has 3 rings (SSSR count). The van der Waals surface area contributed by atoms with Gasteiger partial charge in [-0.05, 0) is 17.5 Å². The van der Waals surface area contributed by atoms with Crippen molar-refractivity contribution in [3.05, 3.63) is 36.0 Å². The Balaban J connectivity index is 2.27. The highest BCUT2D eigenvalue weighted by Gasteiger charge is 2.78. The van der Waals surface area contributed by atoms with Crippen LogP contribution in [0.3, 0.4) is 0 Å². The van der Waals surface area contributed by atoms with Gasteiger partial charge in [0.2, 0.25) is 0 Å². The molecular weight excluding hydrogens is 240 g/mol. The van der Waals surface area contributed by atoms with Crippen molar-refractivity contribution >= 4 is 16.9 Å². The van der Waals surface area contributed by atoms with E-state index in [4.69, 9.17) is 5.11 Å². The largest absolute Gasteiger partial charge is 0.480 e. The lowest BCUT2D eigenvalue weighted by molar-refractivity contribution is -0.143. The molecule has 3 nitrogen and oxygen atoms in total. The highest BCUT2D eigenvalue weighted by molar-refractivity contribution is 5.91. The first-order valence-corrected chi connectivity index (χ1v) is 5.56. The number of aromatic nitrogens is 1. The zero-order valence-electron chi connectivity index (χ0n) is 9.65. The molecule has 0 amide bonds. The number of carboxylic acids is 1. The first-order chi connectivity index (χ1) is 8.40. The molecule has 1 aliphatic rings. The maximum absolute atomic E-state index is 13.5. The van der Waals surface area contributed by atoms with Gasteiger partial charge in [0.1, 0.15) is 0 Å². The van der Waals surface area contributed by atoms with E-state index in [1.165, 1.54) is 0 Å². The summed E-state index contributed by atoms with van der Waals surface area (Å²) in [6, 6.07) is 8.71. The molecule has 5 heteroatoms. The summed E-state index contributed by atoms with van der Waals surface area (Å²) in [5, 5.41) is 9.93. The van der Waals surface area contributed by atoms with Crippen molar-refractivity contribution in [1.29, 1.82) is 0 Å². The number of carbonyl (C=O) groups is 1. The number of hydrogen-bond acceptors (Lipinski definition) is 1. The van der Waals surface area contributed by atoms with Crippen molar-refractivity contribution in [2.24, 2.45) is 7.05 Å². The maximum atomic E-state index is 13.5. The number of alkyl halides is 2. The molecule has 1 aromatic carbocycles. The zero-order chi connectivity index (χ0) is 13.1. The number of aryl methyl sites for hydroxylation is 1. The van der Waals surface area contributed by atoms with E-state index in [2.05, 4.69) is 0 Å². The molecule has 1 unspecified atom stereocenters. The topological polar surface area (TPSA) is 42.2 Å². The van der Waals surface area contributed by atoms with Gasteiger partial charge in [-0.15, -0.1) is 0 Å². The van der Waals surface area contributed by atoms with E-state index in [1.54, 1.807) is 41.9 Å². The van der Waals surface area contributed by atoms with Gasteiger partial charge in [-0.25, -0.2) is 8.78 Å². The summed E-state index contributed by atoms with van der Waals surface area (Å²) in [5.74, 6) is -4.63. The summed E-state index contributed by atoms with van der Waals surface area (Å²) in [6.07, 6.45) is -0.626. The Hall–Kier alpha value is -1.91. The van der Waals surface area contributed by atoms with Gasteiger partial charge in [-0.3, -0.25) is 4.79 Å². The van der Waals surface area contributed by atoms with Gasteiger partial charge >= 0.3 is 5.97 Å². The summed E-state index contributed by atoms with van der Waals surface area (Å²) < 4.78 is 28.6.